The largest absolute Gasteiger partial charge is 0.330 e. The molecule has 1 aromatic rings. The summed E-state index contributed by atoms with van der Waals surface area (Å²) in [6.07, 6.45) is 9.46. The lowest BCUT2D eigenvalue weighted by molar-refractivity contribution is 0.504. The molecule has 0 aliphatic rings. The number of unbranched alkanes of at least 4 members (excludes halogenated alkanes) is 5. The van der Waals surface area contributed by atoms with Crippen molar-refractivity contribution in [2.75, 3.05) is 0 Å². The summed E-state index contributed by atoms with van der Waals surface area (Å²) in [4.78, 5) is 23.8. The highest BCUT2D eigenvalue weighted by Crippen LogP contribution is 2.05. The van der Waals surface area contributed by atoms with E-state index in [9.17, 15) is 9.59 Å². The van der Waals surface area contributed by atoms with Gasteiger partial charge in [0.05, 0.1) is 0 Å². The Morgan fingerprint density at radius 2 is 1.58 bits per heavy atom. The average Bonchev–Trinajstić information content (AvgIpc) is 2.40. The highest BCUT2D eigenvalue weighted by Gasteiger charge is 2.04. The van der Waals surface area contributed by atoms with Crippen LogP contribution >= 0.6 is 0 Å². The molecule has 0 amide bonds. The molecule has 0 saturated heterocycles. The Morgan fingerprint density at radius 1 is 0.895 bits per heavy atom. The second kappa shape index (κ2) is 8.73. The molecule has 0 atom stereocenters. The first kappa shape index (κ1) is 15.7. The third-order valence-corrected chi connectivity index (χ3v) is 3.34. The van der Waals surface area contributed by atoms with Gasteiger partial charge in [0, 0.05) is 25.4 Å². The first-order chi connectivity index (χ1) is 9.20. The fraction of sp³-hybridized carbons (Fsp3) is 0.733. The zero-order chi connectivity index (χ0) is 14.1. The third-order valence-electron chi connectivity index (χ3n) is 3.34. The molecule has 1 rings (SSSR count). The zero-order valence-corrected chi connectivity index (χ0v) is 12.2. The van der Waals surface area contributed by atoms with E-state index in [1.54, 1.807) is 10.8 Å². The molecular weight excluding hydrogens is 240 g/mol. The van der Waals surface area contributed by atoms with Crippen LogP contribution in [0.1, 0.15) is 58.8 Å². The molecule has 0 fully saturated rings. The maximum atomic E-state index is 12.1. The monoisotopic (exact) mass is 266 g/mol. The first-order valence-electron chi connectivity index (χ1n) is 7.51. The van der Waals surface area contributed by atoms with Crippen molar-refractivity contribution >= 4 is 0 Å². The number of aromatic nitrogens is 2. The Bertz CT molecular complexity index is 474. The van der Waals surface area contributed by atoms with E-state index in [2.05, 4.69) is 6.92 Å². The Morgan fingerprint density at radius 3 is 2.26 bits per heavy atom. The van der Waals surface area contributed by atoms with Gasteiger partial charge in [-0.15, -0.1) is 0 Å². The van der Waals surface area contributed by atoms with Gasteiger partial charge < -0.3 is 4.57 Å². The van der Waals surface area contributed by atoms with E-state index in [4.69, 9.17) is 0 Å². The molecule has 0 radical (unpaired) electrons. The molecule has 1 heterocycles. The van der Waals surface area contributed by atoms with Crippen molar-refractivity contribution in [3.8, 4) is 0 Å². The van der Waals surface area contributed by atoms with Crippen LogP contribution in [0.25, 0.3) is 0 Å². The molecule has 19 heavy (non-hydrogen) atoms. The Balaban J connectivity index is 2.55. The second-order valence-corrected chi connectivity index (χ2v) is 5.05. The van der Waals surface area contributed by atoms with E-state index in [1.807, 2.05) is 6.92 Å². The van der Waals surface area contributed by atoms with Gasteiger partial charge >= 0.3 is 5.69 Å². The molecular formula is C15H26N2O2. The van der Waals surface area contributed by atoms with Gasteiger partial charge in [-0.05, 0) is 12.8 Å². The van der Waals surface area contributed by atoms with Crippen molar-refractivity contribution in [2.24, 2.45) is 0 Å². The number of hydrogen-bond acceptors (Lipinski definition) is 2. The SMILES string of the molecule is CCCCCCCCn1c(=O)ccn(CCC)c1=O. The van der Waals surface area contributed by atoms with E-state index < -0.39 is 0 Å². The van der Waals surface area contributed by atoms with E-state index >= 15 is 0 Å². The van der Waals surface area contributed by atoms with E-state index in [1.165, 1.54) is 36.3 Å². The van der Waals surface area contributed by atoms with Gasteiger partial charge in [0.15, 0.2) is 0 Å². The lowest BCUT2D eigenvalue weighted by Crippen LogP contribution is -2.39. The smallest absolute Gasteiger partial charge is 0.300 e. The van der Waals surface area contributed by atoms with Gasteiger partial charge in [0.25, 0.3) is 5.56 Å². The number of nitrogens with zero attached hydrogens (tertiary/aromatic N) is 2. The molecule has 0 aliphatic carbocycles. The molecule has 0 spiro atoms. The van der Waals surface area contributed by atoms with Crippen LogP contribution in [0, 0.1) is 0 Å². The van der Waals surface area contributed by atoms with E-state index in [-0.39, 0.29) is 11.2 Å². The predicted octanol–water partition coefficient (Wildman–Crippen LogP) is 2.78. The predicted molar refractivity (Wildman–Crippen MR) is 78.6 cm³/mol. The van der Waals surface area contributed by atoms with Crippen LogP contribution in [0.5, 0.6) is 0 Å². The van der Waals surface area contributed by atoms with Crippen molar-refractivity contribution in [3.63, 3.8) is 0 Å². The van der Waals surface area contributed by atoms with Crippen LogP contribution in [0.4, 0.5) is 0 Å². The van der Waals surface area contributed by atoms with E-state index in [0.717, 1.165) is 19.3 Å². The second-order valence-electron chi connectivity index (χ2n) is 5.05. The van der Waals surface area contributed by atoms with Crippen molar-refractivity contribution in [1.29, 1.82) is 0 Å². The lowest BCUT2D eigenvalue weighted by atomic mass is 10.1. The molecule has 108 valence electrons. The Labute approximate surface area is 115 Å². The van der Waals surface area contributed by atoms with Crippen LogP contribution in [-0.2, 0) is 13.1 Å². The Hall–Kier alpha value is -1.32. The van der Waals surface area contributed by atoms with Gasteiger partial charge in [0.1, 0.15) is 0 Å². The van der Waals surface area contributed by atoms with Gasteiger partial charge in [-0.2, -0.15) is 0 Å². The molecule has 0 saturated carbocycles. The van der Waals surface area contributed by atoms with Crippen LogP contribution in [-0.4, -0.2) is 9.13 Å². The summed E-state index contributed by atoms with van der Waals surface area (Å²) in [7, 11) is 0. The Kier molecular flexibility index (Phi) is 7.23. The summed E-state index contributed by atoms with van der Waals surface area (Å²) < 4.78 is 2.99. The highest BCUT2D eigenvalue weighted by molar-refractivity contribution is 4.86. The molecule has 0 unspecified atom stereocenters. The van der Waals surface area contributed by atoms with Crippen LogP contribution in [0.3, 0.4) is 0 Å². The molecule has 0 aliphatic heterocycles. The summed E-state index contributed by atoms with van der Waals surface area (Å²) in [5.41, 5.74) is -0.339. The molecule has 0 bridgehead atoms. The summed E-state index contributed by atoms with van der Waals surface area (Å²) >= 11 is 0. The van der Waals surface area contributed by atoms with Crippen molar-refractivity contribution < 1.29 is 0 Å². The number of rotatable bonds is 9. The minimum atomic E-state index is -0.175. The molecule has 4 nitrogen and oxygen atoms in total. The average molecular weight is 266 g/mol. The fourth-order valence-corrected chi connectivity index (χ4v) is 2.22. The minimum Gasteiger partial charge on any atom is -0.300 e. The summed E-state index contributed by atoms with van der Waals surface area (Å²) in [6, 6.07) is 1.49. The first-order valence-corrected chi connectivity index (χ1v) is 7.51. The standard InChI is InChI=1S/C15H26N2O2/c1-3-5-6-7-8-9-12-17-14(18)10-13-16(11-4-2)15(17)19/h10,13H,3-9,11-12H2,1-2H3. The maximum Gasteiger partial charge on any atom is 0.330 e. The van der Waals surface area contributed by atoms with Crippen LogP contribution in [0.15, 0.2) is 21.9 Å². The van der Waals surface area contributed by atoms with E-state index in [0.29, 0.717) is 13.1 Å². The minimum absolute atomic E-state index is 0.164. The van der Waals surface area contributed by atoms with Crippen LogP contribution < -0.4 is 11.2 Å². The molecule has 0 N–H and O–H groups in total. The summed E-state index contributed by atoms with van der Waals surface area (Å²) in [6.45, 7) is 5.44. The lowest BCUT2D eigenvalue weighted by Gasteiger charge is -2.08. The van der Waals surface area contributed by atoms with Crippen molar-refractivity contribution in [2.45, 2.75) is 71.9 Å². The van der Waals surface area contributed by atoms with Gasteiger partial charge in [-0.1, -0.05) is 46.0 Å². The topological polar surface area (TPSA) is 44.0 Å². The van der Waals surface area contributed by atoms with Gasteiger partial charge in [-0.3, -0.25) is 9.36 Å². The number of aryl methyl sites for hydroxylation is 1. The molecule has 1 aromatic heterocycles. The summed E-state index contributed by atoms with van der Waals surface area (Å²) in [5, 5.41) is 0. The normalized spacial score (nSPS) is 10.8. The van der Waals surface area contributed by atoms with Gasteiger partial charge in [0.2, 0.25) is 0 Å². The summed E-state index contributed by atoms with van der Waals surface area (Å²) in [5.74, 6) is 0. The third kappa shape index (κ3) is 5.05. The highest BCUT2D eigenvalue weighted by atomic mass is 16.2. The fourth-order valence-electron chi connectivity index (χ4n) is 2.22. The van der Waals surface area contributed by atoms with Crippen molar-refractivity contribution in [1.82, 2.24) is 9.13 Å². The zero-order valence-electron chi connectivity index (χ0n) is 12.2. The quantitative estimate of drug-likeness (QED) is 0.645. The molecule has 4 heteroatoms. The number of hydrogen-bond donors (Lipinski definition) is 0. The maximum absolute atomic E-state index is 12.1. The van der Waals surface area contributed by atoms with Crippen LogP contribution in [0.2, 0.25) is 0 Å². The van der Waals surface area contributed by atoms with Crippen molar-refractivity contribution in [3.05, 3.63) is 33.1 Å². The molecule has 0 aromatic carbocycles. The van der Waals surface area contributed by atoms with Gasteiger partial charge in [-0.25, -0.2) is 4.79 Å².